The average Bonchev–Trinajstić information content (AvgIpc) is 3.02. The first-order chi connectivity index (χ1) is 10.6. The van der Waals surface area contributed by atoms with E-state index in [0.29, 0.717) is 23.4 Å². The highest BCUT2D eigenvalue weighted by Gasteiger charge is 2.30. The Morgan fingerprint density at radius 2 is 2.00 bits per heavy atom. The minimum Gasteiger partial charge on any atom is -0.348 e. The van der Waals surface area contributed by atoms with Crippen molar-refractivity contribution in [3.05, 3.63) is 35.9 Å². The first-order valence-corrected chi connectivity index (χ1v) is 8.98. The predicted octanol–water partition coefficient (Wildman–Crippen LogP) is 2.20. The van der Waals surface area contributed by atoms with Crippen LogP contribution in [0.4, 0.5) is 0 Å². The molecule has 2 unspecified atom stereocenters. The lowest BCUT2D eigenvalue weighted by Gasteiger charge is -2.28. The van der Waals surface area contributed by atoms with Crippen LogP contribution in [0, 0.1) is 0 Å². The van der Waals surface area contributed by atoms with Gasteiger partial charge >= 0.3 is 0 Å². The summed E-state index contributed by atoms with van der Waals surface area (Å²) in [6.45, 7) is 0.414. The second-order valence-corrected chi connectivity index (χ2v) is 6.83. The van der Waals surface area contributed by atoms with Gasteiger partial charge in [0.05, 0.1) is 13.1 Å². The van der Waals surface area contributed by atoms with Crippen molar-refractivity contribution >= 4 is 23.5 Å². The third-order valence-electron chi connectivity index (χ3n) is 4.22. The first-order valence-electron chi connectivity index (χ1n) is 7.70. The summed E-state index contributed by atoms with van der Waals surface area (Å²) in [7, 11) is 2.00. The van der Waals surface area contributed by atoms with Gasteiger partial charge in [0.2, 0.25) is 5.91 Å². The summed E-state index contributed by atoms with van der Waals surface area (Å²) >= 11 is 1.88. The monoisotopic (exact) mass is 320 g/mol. The lowest BCUT2D eigenvalue weighted by Crippen LogP contribution is -2.44. The Kier molecular flexibility index (Phi) is 6.46. The lowest BCUT2D eigenvalue weighted by molar-refractivity contribution is -0.122. The lowest BCUT2D eigenvalue weighted by atomic mass is 10.1. The molecule has 0 bridgehead atoms. The number of amides is 1. The number of carbonyl (C=O) groups is 2. The topological polar surface area (TPSA) is 49.4 Å². The van der Waals surface area contributed by atoms with Crippen LogP contribution in [0.5, 0.6) is 0 Å². The molecule has 0 spiro atoms. The zero-order chi connectivity index (χ0) is 15.9. The van der Waals surface area contributed by atoms with E-state index in [9.17, 15) is 9.59 Å². The molecule has 1 N–H and O–H groups in total. The van der Waals surface area contributed by atoms with Crippen LogP contribution in [0.1, 0.15) is 29.6 Å². The van der Waals surface area contributed by atoms with Gasteiger partial charge in [0.25, 0.3) is 0 Å². The van der Waals surface area contributed by atoms with E-state index in [1.165, 1.54) is 12.8 Å². The minimum atomic E-state index is -0.0847. The molecule has 1 aliphatic carbocycles. The van der Waals surface area contributed by atoms with E-state index in [1.54, 1.807) is 12.1 Å². The van der Waals surface area contributed by atoms with E-state index in [4.69, 9.17) is 0 Å². The van der Waals surface area contributed by atoms with Crippen LogP contribution < -0.4 is 5.32 Å². The third kappa shape index (κ3) is 4.58. The quantitative estimate of drug-likeness (QED) is 0.783. The average molecular weight is 320 g/mol. The van der Waals surface area contributed by atoms with Crippen molar-refractivity contribution in [1.29, 1.82) is 0 Å². The number of benzene rings is 1. The van der Waals surface area contributed by atoms with Crippen molar-refractivity contribution in [3.63, 3.8) is 0 Å². The molecule has 0 saturated heterocycles. The molecule has 0 heterocycles. The number of likely N-dealkylation sites (N-methyl/N-ethyl adjacent to an activating group) is 1. The molecule has 0 radical (unpaired) electrons. The predicted molar refractivity (Wildman–Crippen MR) is 91.4 cm³/mol. The molecule has 1 aromatic rings. The number of nitrogens with zero attached hydrogens (tertiary/aromatic N) is 1. The van der Waals surface area contributed by atoms with E-state index in [0.717, 1.165) is 6.42 Å². The van der Waals surface area contributed by atoms with Crippen molar-refractivity contribution in [2.24, 2.45) is 0 Å². The summed E-state index contributed by atoms with van der Waals surface area (Å²) in [6, 6.07) is 9.51. The molecular weight excluding hydrogens is 296 g/mol. The van der Waals surface area contributed by atoms with Gasteiger partial charge in [-0.25, -0.2) is 0 Å². The molecule has 1 aromatic carbocycles. The molecule has 120 valence electrons. The highest BCUT2D eigenvalue weighted by atomic mass is 32.2. The molecule has 4 nitrogen and oxygen atoms in total. The summed E-state index contributed by atoms with van der Waals surface area (Å²) in [5.41, 5.74) is 0.634. The van der Waals surface area contributed by atoms with Gasteiger partial charge in [-0.1, -0.05) is 36.8 Å². The van der Waals surface area contributed by atoms with Crippen molar-refractivity contribution in [2.45, 2.75) is 30.6 Å². The Labute approximate surface area is 136 Å². The second kappa shape index (κ2) is 8.34. The van der Waals surface area contributed by atoms with Crippen LogP contribution in [0.15, 0.2) is 30.3 Å². The van der Waals surface area contributed by atoms with Gasteiger partial charge in [0.1, 0.15) is 0 Å². The maximum atomic E-state index is 12.0. The summed E-state index contributed by atoms with van der Waals surface area (Å²) in [4.78, 5) is 26.1. The Morgan fingerprint density at radius 1 is 1.27 bits per heavy atom. The van der Waals surface area contributed by atoms with Gasteiger partial charge in [0.15, 0.2) is 5.78 Å². The van der Waals surface area contributed by atoms with Crippen LogP contribution in [0.2, 0.25) is 0 Å². The SMILES string of the molecule is CSC1CCCC1N(C)CC(=O)NCC(=O)c1ccccc1. The van der Waals surface area contributed by atoms with Crippen LogP contribution in [0.3, 0.4) is 0 Å². The summed E-state index contributed by atoms with van der Waals surface area (Å²) in [6.07, 6.45) is 5.74. The maximum absolute atomic E-state index is 12.0. The van der Waals surface area contributed by atoms with E-state index in [2.05, 4.69) is 16.5 Å². The summed E-state index contributed by atoms with van der Waals surface area (Å²) in [5, 5.41) is 3.35. The minimum absolute atomic E-state index is 0.0561. The summed E-state index contributed by atoms with van der Waals surface area (Å²) < 4.78 is 0. The molecule has 1 amide bonds. The molecule has 0 aromatic heterocycles. The van der Waals surface area contributed by atoms with Gasteiger partial charge in [-0.3, -0.25) is 14.5 Å². The highest BCUT2D eigenvalue weighted by Crippen LogP contribution is 2.31. The fourth-order valence-corrected chi connectivity index (χ4v) is 4.05. The Balaban J connectivity index is 1.77. The molecule has 1 fully saturated rings. The molecule has 2 rings (SSSR count). The van der Waals surface area contributed by atoms with E-state index >= 15 is 0 Å². The first kappa shape index (κ1) is 17.0. The van der Waals surface area contributed by atoms with Gasteiger partial charge < -0.3 is 5.32 Å². The third-order valence-corrected chi connectivity index (χ3v) is 5.38. The fraction of sp³-hybridized carbons (Fsp3) is 0.529. The van der Waals surface area contributed by atoms with Crippen molar-refractivity contribution in [1.82, 2.24) is 10.2 Å². The fourth-order valence-electron chi connectivity index (χ4n) is 2.99. The number of nitrogens with one attached hydrogen (secondary N) is 1. The molecule has 1 saturated carbocycles. The Morgan fingerprint density at radius 3 is 2.68 bits per heavy atom. The van der Waals surface area contributed by atoms with E-state index < -0.39 is 0 Å². The number of hydrogen-bond donors (Lipinski definition) is 1. The van der Waals surface area contributed by atoms with Gasteiger partial charge in [-0.2, -0.15) is 11.8 Å². The van der Waals surface area contributed by atoms with Crippen molar-refractivity contribution in [3.8, 4) is 0 Å². The number of Topliss-reactive ketones (excluding diaryl/α,β-unsaturated/α-hetero) is 1. The molecule has 1 aliphatic rings. The Hall–Kier alpha value is -1.33. The molecule has 2 atom stereocenters. The van der Waals surface area contributed by atoms with E-state index in [-0.39, 0.29) is 18.2 Å². The van der Waals surface area contributed by atoms with Crippen molar-refractivity contribution in [2.75, 3.05) is 26.4 Å². The number of carbonyl (C=O) groups excluding carboxylic acids is 2. The smallest absolute Gasteiger partial charge is 0.234 e. The number of hydrogen-bond acceptors (Lipinski definition) is 4. The Bertz CT molecular complexity index is 507. The van der Waals surface area contributed by atoms with Crippen LogP contribution in [-0.4, -0.2) is 54.3 Å². The van der Waals surface area contributed by atoms with Crippen LogP contribution in [-0.2, 0) is 4.79 Å². The molecule has 22 heavy (non-hydrogen) atoms. The van der Waals surface area contributed by atoms with Crippen LogP contribution >= 0.6 is 11.8 Å². The van der Waals surface area contributed by atoms with E-state index in [1.807, 2.05) is 37.0 Å². The highest BCUT2D eigenvalue weighted by molar-refractivity contribution is 7.99. The van der Waals surface area contributed by atoms with Gasteiger partial charge in [-0.15, -0.1) is 0 Å². The number of rotatable bonds is 7. The molecule has 0 aliphatic heterocycles. The standard InChI is InChI=1S/C17H24N2O2S/c1-19(14-9-6-10-16(14)22-2)12-17(21)18-11-15(20)13-7-4-3-5-8-13/h3-5,7-8,14,16H,6,9-12H2,1-2H3,(H,18,21). The zero-order valence-corrected chi connectivity index (χ0v) is 14.1. The maximum Gasteiger partial charge on any atom is 0.234 e. The second-order valence-electron chi connectivity index (χ2n) is 5.75. The normalized spacial score (nSPS) is 21.0. The van der Waals surface area contributed by atoms with Crippen LogP contribution in [0.25, 0.3) is 0 Å². The number of ketones is 1. The molecular formula is C17H24N2O2S. The zero-order valence-electron chi connectivity index (χ0n) is 13.2. The molecule has 5 heteroatoms. The van der Waals surface area contributed by atoms with Gasteiger partial charge in [0, 0.05) is 16.9 Å². The summed E-state index contributed by atoms with van der Waals surface area (Å²) in [5.74, 6) is -0.141. The largest absolute Gasteiger partial charge is 0.348 e. The van der Waals surface area contributed by atoms with Crippen molar-refractivity contribution < 1.29 is 9.59 Å². The van der Waals surface area contributed by atoms with Gasteiger partial charge in [-0.05, 0) is 26.1 Å². The number of thioether (sulfide) groups is 1.